The molecule has 0 aliphatic carbocycles. The van der Waals surface area contributed by atoms with E-state index in [4.69, 9.17) is 0 Å². The lowest BCUT2D eigenvalue weighted by atomic mass is 10.1. The molecule has 1 nitrogen and oxygen atoms in total. The topological polar surface area (TPSA) is 20.2 Å². The van der Waals surface area contributed by atoms with Gasteiger partial charge in [-0.3, -0.25) is 0 Å². The van der Waals surface area contributed by atoms with Crippen molar-refractivity contribution >= 4 is 0 Å². The average molecular weight is 222 g/mol. The Balaban J connectivity index is 3.81. The van der Waals surface area contributed by atoms with Crippen molar-refractivity contribution in [2.24, 2.45) is 0 Å². The molecule has 0 radical (unpaired) electrons. The second-order valence-corrected chi connectivity index (χ2v) is 4.45. The van der Waals surface area contributed by atoms with Gasteiger partial charge >= 0.3 is 0 Å². The second-order valence-electron chi connectivity index (χ2n) is 4.45. The van der Waals surface area contributed by atoms with Gasteiger partial charge in [-0.05, 0) is 53.4 Å². The molecule has 0 aromatic carbocycles. The molecule has 0 rings (SSSR count). The van der Waals surface area contributed by atoms with Crippen LogP contribution in [0.5, 0.6) is 0 Å². The van der Waals surface area contributed by atoms with Crippen LogP contribution in [0.1, 0.15) is 53.4 Å². The molecule has 0 saturated heterocycles. The van der Waals surface area contributed by atoms with E-state index in [2.05, 4.69) is 39.0 Å². The summed E-state index contributed by atoms with van der Waals surface area (Å²) in [5.74, 6) is 0. The first kappa shape index (κ1) is 15.2. The number of aliphatic hydroxyl groups is 1. The molecule has 1 heteroatoms. The predicted octanol–water partition coefficient (Wildman–Crippen LogP) is 4.40. The van der Waals surface area contributed by atoms with Gasteiger partial charge in [-0.1, -0.05) is 35.5 Å². The first-order valence-corrected chi connectivity index (χ1v) is 6.18. The minimum absolute atomic E-state index is 0.320. The first-order chi connectivity index (χ1) is 7.56. The van der Waals surface area contributed by atoms with E-state index in [0.717, 1.165) is 25.7 Å². The molecule has 0 aliphatic heterocycles. The zero-order valence-corrected chi connectivity index (χ0v) is 11.2. The molecule has 16 heavy (non-hydrogen) atoms. The van der Waals surface area contributed by atoms with Crippen LogP contribution in [-0.2, 0) is 0 Å². The Labute approximate surface area is 101 Å². The number of rotatable bonds is 7. The van der Waals surface area contributed by atoms with Gasteiger partial charge in [0.15, 0.2) is 0 Å². The van der Waals surface area contributed by atoms with Gasteiger partial charge in [0.1, 0.15) is 0 Å². The fourth-order valence-electron chi connectivity index (χ4n) is 1.62. The van der Waals surface area contributed by atoms with E-state index < -0.39 is 0 Å². The quantitative estimate of drug-likeness (QED) is 0.633. The van der Waals surface area contributed by atoms with Gasteiger partial charge in [-0.2, -0.15) is 0 Å². The second kappa shape index (κ2) is 9.41. The predicted molar refractivity (Wildman–Crippen MR) is 72.5 cm³/mol. The minimum Gasteiger partial charge on any atom is -0.389 e. The van der Waals surface area contributed by atoms with Crippen molar-refractivity contribution in [2.45, 2.75) is 59.5 Å². The highest BCUT2D eigenvalue weighted by Crippen LogP contribution is 2.10. The molecule has 0 heterocycles. The maximum Gasteiger partial charge on any atom is 0.0695 e. The summed E-state index contributed by atoms with van der Waals surface area (Å²) in [4.78, 5) is 0. The van der Waals surface area contributed by atoms with Crippen molar-refractivity contribution in [3.8, 4) is 0 Å². The summed E-state index contributed by atoms with van der Waals surface area (Å²) >= 11 is 0. The normalized spacial score (nSPS) is 15.8. The zero-order valence-electron chi connectivity index (χ0n) is 11.2. The summed E-state index contributed by atoms with van der Waals surface area (Å²) in [7, 11) is 0. The van der Waals surface area contributed by atoms with Crippen molar-refractivity contribution in [3.05, 3.63) is 35.5 Å². The van der Waals surface area contributed by atoms with E-state index in [1.165, 1.54) is 11.1 Å². The van der Waals surface area contributed by atoms with Crippen LogP contribution in [-0.4, -0.2) is 11.2 Å². The molecule has 0 fully saturated rings. The Kier molecular flexibility index (Phi) is 8.93. The Morgan fingerprint density at radius 2 is 1.75 bits per heavy atom. The standard InChI is InChI=1S/C15H26O/c1-5-6-7-9-13(2)10-8-11-14(3)12-15(4)16/h5-6,10,12,15-16H,7-9,11H2,1-4H3/b6-5+,13-10+,14-12+. The van der Waals surface area contributed by atoms with Crippen LogP contribution in [0.4, 0.5) is 0 Å². The third-order valence-corrected chi connectivity index (χ3v) is 2.50. The summed E-state index contributed by atoms with van der Waals surface area (Å²) in [5, 5.41) is 9.18. The van der Waals surface area contributed by atoms with Gasteiger partial charge in [0.25, 0.3) is 0 Å². The third kappa shape index (κ3) is 9.72. The fourth-order valence-corrected chi connectivity index (χ4v) is 1.62. The van der Waals surface area contributed by atoms with E-state index in [1.807, 2.05) is 6.08 Å². The fraction of sp³-hybridized carbons (Fsp3) is 0.600. The number of aliphatic hydroxyl groups excluding tert-OH is 1. The molecule has 1 unspecified atom stereocenters. The minimum atomic E-state index is -0.320. The van der Waals surface area contributed by atoms with Crippen molar-refractivity contribution in [1.82, 2.24) is 0 Å². The molecular formula is C15H26O. The maximum atomic E-state index is 9.18. The largest absolute Gasteiger partial charge is 0.389 e. The van der Waals surface area contributed by atoms with Crippen molar-refractivity contribution in [2.75, 3.05) is 0 Å². The molecule has 0 aromatic rings. The van der Waals surface area contributed by atoms with E-state index in [0.29, 0.717) is 0 Å². The van der Waals surface area contributed by atoms with Crippen LogP contribution in [0.25, 0.3) is 0 Å². The lowest BCUT2D eigenvalue weighted by molar-refractivity contribution is 0.243. The summed E-state index contributed by atoms with van der Waals surface area (Å²) in [6, 6.07) is 0. The van der Waals surface area contributed by atoms with Crippen LogP contribution in [0.15, 0.2) is 35.5 Å². The monoisotopic (exact) mass is 222 g/mol. The van der Waals surface area contributed by atoms with E-state index >= 15 is 0 Å². The lowest BCUT2D eigenvalue weighted by Gasteiger charge is -2.02. The Bertz CT molecular complexity index is 257. The highest BCUT2D eigenvalue weighted by molar-refractivity contribution is 5.05. The number of hydrogen-bond acceptors (Lipinski definition) is 1. The molecule has 0 aromatic heterocycles. The van der Waals surface area contributed by atoms with Crippen molar-refractivity contribution < 1.29 is 5.11 Å². The van der Waals surface area contributed by atoms with Gasteiger partial charge in [-0.25, -0.2) is 0 Å². The first-order valence-electron chi connectivity index (χ1n) is 6.18. The van der Waals surface area contributed by atoms with Crippen LogP contribution in [0.3, 0.4) is 0 Å². The molecule has 0 saturated carbocycles. The summed E-state index contributed by atoms with van der Waals surface area (Å²) < 4.78 is 0. The molecule has 1 atom stereocenters. The lowest BCUT2D eigenvalue weighted by Crippen LogP contribution is -1.94. The highest BCUT2D eigenvalue weighted by Gasteiger charge is 1.93. The Morgan fingerprint density at radius 3 is 2.31 bits per heavy atom. The van der Waals surface area contributed by atoms with Gasteiger partial charge in [0.05, 0.1) is 6.10 Å². The van der Waals surface area contributed by atoms with Gasteiger partial charge in [0.2, 0.25) is 0 Å². The van der Waals surface area contributed by atoms with Gasteiger partial charge < -0.3 is 5.11 Å². The summed E-state index contributed by atoms with van der Waals surface area (Å²) in [6.07, 6.45) is 12.6. The smallest absolute Gasteiger partial charge is 0.0695 e. The summed E-state index contributed by atoms with van der Waals surface area (Å²) in [6.45, 7) is 8.12. The van der Waals surface area contributed by atoms with Crippen LogP contribution in [0.2, 0.25) is 0 Å². The molecular weight excluding hydrogens is 196 g/mol. The maximum absolute atomic E-state index is 9.18. The van der Waals surface area contributed by atoms with E-state index in [9.17, 15) is 5.11 Å². The van der Waals surface area contributed by atoms with Crippen LogP contribution < -0.4 is 0 Å². The molecule has 1 N–H and O–H groups in total. The third-order valence-electron chi connectivity index (χ3n) is 2.50. The molecule has 0 spiro atoms. The van der Waals surface area contributed by atoms with Gasteiger partial charge in [-0.15, -0.1) is 0 Å². The molecule has 92 valence electrons. The number of allylic oxidation sites excluding steroid dienone is 5. The molecule has 0 amide bonds. The molecule has 0 aliphatic rings. The Hall–Kier alpha value is -0.820. The zero-order chi connectivity index (χ0) is 12.4. The average Bonchev–Trinajstić information content (AvgIpc) is 2.17. The number of hydrogen-bond donors (Lipinski definition) is 1. The van der Waals surface area contributed by atoms with Crippen molar-refractivity contribution in [3.63, 3.8) is 0 Å². The van der Waals surface area contributed by atoms with E-state index in [-0.39, 0.29) is 6.10 Å². The molecule has 0 bridgehead atoms. The summed E-state index contributed by atoms with van der Waals surface area (Å²) in [5.41, 5.74) is 2.73. The highest BCUT2D eigenvalue weighted by atomic mass is 16.3. The van der Waals surface area contributed by atoms with E-state index in [1.54, 1.807) is 6.92 Å². The Morgan fingerprint density at radius 1 is 1.12 bits per heavy atom. The van der Waals surface area contributed by atoms with Crippen LogP contribution >= 0.6 is 0 Å². The van der Waals surface area contributed by atoms with Crippen molar-refractivity contribution in [1.29, 1.82) is 0 Å². The SMILES string of the molecule is C/C=C/CC/C(C)=C/CC/C(C)=C/C(C)O. The van der Waals surface area contributed by atoms with Crippen LogP contribution in [0, 0.1) is 0 Å². The van der Waals surface area contributed by atoms with Gasteiger partial charge in [0, 0.05) is 0 Å².